The van der Waals surface area contributed by atoms with Crippen LogP contribution in [0, 0.1) is 0 Å². The van der Waals surface area contributed by atoms with Gasteiger partial charge in [-0.25, -0.2) is 0 Å². The molecule has 1 N–H and O–H groups in total. The number of aromatic nitrogens is 1. The van der Waals surface area contributed by atoms with Crippen molar-refractivity contribution in [2.45, 2.75) is 52.4 Å². The summed E-state index contributed by atoms with van der Waals surface area (Å²) in [5.41, 5.74) is -1.36. The summed E-state index contributed by atoms with van der Waals surface area (Å²) in [4.78, 5) is 25.0. The van der Waals surface area contributed by atoms with Crippen molar-refractivity contribution in [2.24, 2.45) is 0 Å². The van der Waals surface area contributed by atoms with E-state index >= 15 is 0 Å². The molecule has 0 radical (unpaired) electrons. The molecule has 1 heterocycles. The smallest absolute Gasteiger partial charge is 0.349 e. The van der Waals surface area contributed by atoms with Gasteiger partial charge in [-0.2, -0.15) is 13.2 Å². The second kappa shape index (κ2) is 7.29. The number of aryl methyl sites for hydroxylation is 1. The molecule has 0 fully saturated rings. The standard InChI is InChI=1S/C18H21F3N2O2/c1-4-6-11(3)22-17(25)14-10-23(5-2)15-8-7-12(18(19,20)21)9-13(15)16(14)24/h7-11H,4-6H2,1-3H3,(H,22,25)/t11-/m1/s1. The lowest BCUT2D eigenvalue weighted by molar-refractivity contribution is -0.137. The molecule has 0 spiro atoms. The highest BCUT2D eigenvalue weighted by Crippen LogP contribution is 2.30. The van der Waals surface area contributed by atoms with Gasteiger partial charge in [0.05, 0.1) is 11.1 Å². The van der Waals surface area contributed by atoms with Crippen LogP contribution in [-0.2, 0) is 12.7 Å². The van der Waals surface area contributed by atoms with E-state index in [1.54, 1.807) is 11.5 Å². The maximum absolute atomic E-state index is 13.0. The molecule has 0 saturated carbocycles. The van der Waals surface area contributed by atoms with Crippen molar-refractivity contribution >= 4 is 16.8 Å². The van der Waals surface area contributed by atoms with Crippen LogP contribution < -0.4 is 10.7 Å². The van der Waals surface area contributed by atoms with Crippen LogP contribution in [0.3, 0.4) is 0 Å². The van der Waals surface area contributed by atoms with Crippen molar-refractivity contribution in [3.05, 3.63) is 45.7 Å². The number of halogens is 3. The predicted molar refractivity (Wildman–Crippen MR) is 90.7 cm³/mol. The monoisotopic (exact) mass is 354 g/mol. The number of carbonyl (C=O) groups excluding carboxylic acids is 1. The molecule has 0 aliphatic carbocycles. The van der Waals surface area contributed by atoms with Gasteiger partial charge in [-0.1, -0.05) is 13.3 Å². The van der Waals surface area contributed by atoms with Crippen LogP contribution in [0.15, 0.2) is 29.2 Å². The largest absolute Gasteiger partial charge is 0.416 e. The van der Waals surface area contributed by atoms with Crippen molar-refractivity contribution in [1.82, 2.24) is 9.88 Å². The normalized spacial score (nSPS) is 13.0. The Hall–Kier alpha value is -2.31. The Bertz CT molecular complexity index is 841. The first kappa shape index (κ1) is 19.0. The molecule has 1 amide bonds. The number of benzene rings is 1. The quantitative estimate of drug-likeness (QED) is 0.884. The van der Waals surface area contributed by atoms with E-state index in [1.165, 1.54) is 12.3 Å². The third kappa shape index (κ3) is 4.03. The topological polar surface area (TPSA) is 51.1 Å². The number of amides is 1. The first-order chi connectivity index (χ1) is 11.7. The fourth-order valence-corrected chi connectivity index (χ4v) is 2.80. The molecule has 0 bridgehead atoms. The summed E-state index contributed by atoms with van der Waals surface area (Å²) in [6.45, 7) is 6.01. The number of fused-ring (bicyclic) bond motifs is 1. The highest BCUT2D eigenvalue weighted by atomic mass is 19.4. The zero-order chi connectivity index (χ0) is 18.8. The lowest BCUT2D eigenvalue weighted by Crippen LogP contribution is -2.36. The van der Waals surface area contributed by atoms with Gasteiger partial charge in [0, 0.05) is 24.2 Å². The van der Waals surface area contributed by atoms with Gasteiger partial charge in [-0.3, -0.25) is 9.59 Å². The molecule has 1 aromatic heterocycles. The van der Waals surface area contributed by atoms with E-state index in [9.17, 15) is 22.8 Å². The Labute approximate surface area is 143 Å². The number of alkyl halides is 3. The summed E-state index contributed by atoms with van der Waals surface area (Å²) in [6.07, 6.45) is -1.52. The van der Waals surface area contributed by atoms with Crippen molar-refractivity contribution in [3.8, 4) is 0 Å². The minimum Gasteiger partial charge on any atom is -0.349 e. The maximum atomic E-state index is 13.0. The predicted octanol–water partition coefficient (Wildman–Crippen LogP) is 3.96. The number of rotatable bonds is 5. The first-order valence-electron chi connectivity index (χ1n) is 8.24. The van der Waals surface area contributed by atoms with E-state index in [1.807, 2.05) is 13.8 Å². The molecular formula is C18H21F3N2O2. The SMILES string of the molecule is CCC[C@@H](C)NC(=O)c1cn(CC)c2ccc(C(F)(F)F)cc2c1=O. The molecular weight excluding hydrogens is 333 g/mol. The molecule has 0 saturated heterocycles. The van der Waals surface area contributed by atoms with Crippen LogP contribution >= 0.6 is 0 Å². The van der Waals surface area contributed by atoms with Crippen LogP contribution in [0.5, 0.6) is 0 Å². The summed E-state index contributed by atoms with van der Waals surface area (Å²) >= 11 is 0. The fraction of sp³-hybridized carbons (Fsp3) is 0.444. The van der Waals surface area contributed by atoms with Gasteiger partial charge >= 0.3 is 6.18 Å². The van der Waals surface area contributed by atoms with E-state index in [0.717, 1.165) is 25.0 Å². The number of nitrogens with zero attached hydrogens (tertiary/aromatic N) is 1. The van der Waals surface area contributed by atoms with E-state index in [0.29, 0.717) is 12.1 Å². The minimum absolute atomic E-state index is 0.104. The summed E-state index contributed by atoms with van der Waals surface area (Å²) in [6, 6.07) is 2.90. The van der Waals surface area contributed by atoms with Crippen molar-refractivity contribution in [2.75, 3.05) is 0 Å². The Kier molecular flexibility index (Phi) is 5.55. The molecule has 2 rings (SSSR count). The zero-order valence-electron chi connectivity index (χ0n) is 14.4. The van der Waals surface area contributed by atoms with Crippen molar-refractivity contribution in [3.63, 3.8) is 0 Å². The van der Waals surface area contributed by atoms with Gasteiger partial charge in [0.15, 0.2) is 0 Å². The summed E-state index contributed by atoms with van der Waals surface area (Å²) in [5, 5.41) is 2.62. The van der Waals surface area contributed by atoms with Gasteiger partial charge < -0.3 is 9.88 Å². The Balaban J connectivity index is 2.60. The van der Waals surface area contributed by atoms with E-state index < -0.39 is 23.1 Å². The van der Waals surface area contributed by atoms with Gasteiger partial charge in [0.2, 0.25) is 5.43 Å². The number of carbonyl (C=O) groups is 1. The van der Waals surface area contributed by atoms with E-state index in [-0.39, 0.29) is 17.0 Å². The number of hydrogen-bond donors (Lipinski definition) is 1. The minimum atomic E-state index is -4.55. The molecule has 25 heavy (non-hydrogen) atoms. The molecule has 7 heteroatoms. The molecule has 0 unspecified atom stereocenters. The molecule has 4 nitrogen and oxygen atoms in total. The van der Waals surface area contributed by atoms with E-state index in [2.05, 4.69) is 5.32 Å². The van der Waals surface area contributed by atoms with Crippen LogP contribution in [0.4, 0.5) is 13.2 Å². The highest BCUT2D eigenvalue weighted by molar-refractivity contribution is 5.97. The Morgan fingerprint density at radius 3 is 2.52 bits per heavy atom. The Morgan fingerprint density at radius 2 is 1.96 bits per heavy atom. The lowest BCUT2D eigenvalue weighted by atomic mass is 10.1. The second-order valence-corrected chi connectivity index (χ2v) is 6.05. The van der Waals surface area contributed by atoms with Gasteiger partial charge in [0.1, 0.15) is 5.56 Å². The highest BCUT2D eigenvalue weighted by Gasteiger charge is 2.31. The number of pyridine rings is 1. The molecule has 0 aliphatic rings. The average Bonchev–Trinajstić information content (AvgIpc) is 2.54. The summed E-state index contributed by atoms with van der Waals surface area (Å²) in [5.74, 6) is -0.563. The van der Waals surface area contributed by atoms with Crippen LogP contribution in [-0.4, -0.2) is 16.5 Å². The number of nitrogens with one attached hydrogen (secondary N) is 1. The van der Waals surface area contributed by atoms with Gasteiger partial charge in [0.25, 0.3) is 5.91 Å². The van der Waals surface area contributed by atoms with Crippen molar-refractivity contribution < 1.29 is 18.0 Å². The third-order valence-corrected chi connectivity index (χ3v) is 4.09. The lowest BCUT2D eigenvalue weighted by Gasteiger charge is -2.16. The molecule has 1 aromatic carbocycles. The first-order valence-corrected chi connectivity index (χ1v) is 8.24. The van der Waals surface area contributed by atoms with Crippen LogP contribution in [0.2, 0.25) is 0 Å². The van der Waals surface area contributed by atoms with Crippen LogP contribution in [0.25, 0.3) is 10.9 Å². The Morgan fingerprint density at radius 1 is 1.28 bits per heavy atom. The van der Waals surface area contributed by atoms with Crippen molar-refractivity contribution in [1.29, 1.82) is 0 Å². The van der Waals surface area contributed by atoms with Crippen LogP contribution in [0.1, 0.15) is 49.5 Å². The molecule has 0 aliphatic heterocycles. The fourth-order valence-electron chi connectivity index (χ4n) is 2.80. The second-order valence-electron chi connectivity index (χ2n) is 6.05. The average molecular weight is 354 g/mol. The van der Waals surface area contributed by atoms with E-state index in [4.69, 9.17) is 0 Å². The third-order valence-electron chi connectivity index (χ3n) is 4.09. The number of hydrogen-bond acceptors (Lipinski definition) is 2. The van der Waals surface area contributed by atoms with Gasteiger partial charge in [-0.15, -0.1) is 0 Å². The molecule has 136 valence electrons. The molecule has 1 atom stereocenters. The zero-order valence-corrected chi connectivity index (χ0v) is 14.4. The maximum Gasteiger partial charge on any atom is 0.416 e. The summed E-state index contributed by atoms with van der Waals surface area (Å²) in [7, 11) is 0. The van der Waals surface area contributed by atoms with Gasteiger partial charge in [-0.05, 0) is 38.5 Å². The summed E-state index contributed by atoms with van der Waals surface area (Å²) < 4.78 is 40.5. The molecule has 2 aromatic rings.